The maximum atomic E-state index is 13.1. The fourth-order valence-corrected chi connectivity index (χ4v) is 3.90. The second-order valence-corrected chi connectivity index (χ2v) is 8.48. The van der Waals surface area contributed by atoms with Gasteiger partial charge in [-0.05, 0) is 67.1 Å². The SMILES string of the molecule is CCOc1cc(/C=C2\C(=O)NC(=O)N(c3ccc(OCc4ccc(Cl)cc4Cl)cc3)C2=O)ccc1O. The number of urea groups is 1. The maximum Gasteiger partial charge on any atom is 0.335 e. The van der Waals surface area contributed by atoms with Crippen molar-refractivity contribution in [2.75, 3.05) is 11.5 Å². The largest absolute Gasteiger partial charge is 0.504 e. The van der Waals surface area contributed by atoms with Gasteiger partial charge in [0.1, 0.15) is 17.9 Å². The summed E-state index contributed by atoms with van der Waals surface area (Å²) in [7, 11) is 0. The number of hydrogen-bond donors (Lipinski definition) is 2. The van der Waals surface area contributed by atoms with Crippen LogP contribution in [-0.4, -0.2) is 29.6 Å². The number of carbonyl (C=O) groups excluding carboxylic acids is 3. The van der Waals surface area contributed by atoms with Crippen molar-refractivity contribution in [1.29, 1.82) is 0 Å². The van der Waals surface area contributed by atoms with E-state index in [0.29, 0.717) is 28.0 Å². The summed E-state index contributed by atoms with van der Waals surface area (Å²) in [5, 5.41) is 13.0. The summed E-state index contributed by atoms with van der Waals surface area (Å²) in [6.45, 7) is 2.27. The second kappa shape index (κ2) is 10.7. The van der Waals surface area contributed by atoms with Gasteiger partial charge in [-0.1, -0.05) is 35.3 Å². The van der Waals surface area contributed by atoms with Gasteiger partial charge in [0.15, 0.2) is 11.5 Å². The number of amides is 4. The van der Waals surface area contributed by atoms with Crippen molar-refractivity contribution in [2.24, 2.45) is 0 Å². The normalized spacial score (nSPS) is 14.7. The molecule has 10 heteroatoms. The Hall–Kier alpha value is -4.01. The molecule has 0 aromatic heterocycles. The summed E-state index contributed by atoms with van der Waals surface area (Å²) < 4.78 is 11.1. The third kappa shape index (κ3) is 5.45. The van der Waals surface area contributed by atoms with E-state index in [1.165, 1.54) is 36.4 Å². The first-order valence-electron chi connectivity index (χ1n) is 10.8. The lowest BCUT2D eigenvalue weighted by molar-refractivity contribution is -0.122. The minimum absolute atomic E-state index is 0.0733. The summed E-state index contributed by atoms with van der Waals surface area (Å²) in [5.41, 5.74) is 1.17. The van der Waals surface area contributed by atoms with Gasteiger partial charge in [0.2, 0.25) is 0 Å². The molecule has 0 bridgehead atoms. The molecule has 2 N–H and O–H groups in total. The van der Waals surface area contributed by atoms with Crippen molar-refractivity contribution in [3.8, 4) is 17.2 Å². The fraction of sp³-hybridized carbons (Fsp3) is 0.115. The number of nitrogens with zero attached hydrogens (tertiary/aromatic N) is 1. The number of rotatable bonds is 7. The van der Waals surface area contributed by atoms with E-state index < -0.39 is 17.8 Å². The fourth-order valence-electron chi connectivity index (χ4n) is 3.44. The Balaban J connectivity index is 1.53. The molecule has 3 aromatic carbocycles. The third-order valence-corrected chi connectivity index (χ3v) is 5.79. The van der Waals surface area contributed by atoms with E-state index in [-0.39, 0.29) is 29.4 Å². The molecule has 1 aliphatic rings. The van der Waals surface area contributed by atoms with Crippen LogP contribution in [0.25, 0.3) is 6.08 Å². The summed E-state index contributed by atoms with van der Waals surface area (Å²) >= 11 is 12.1. The van der Waals surface area contributed by atoms with Gasteiger partial charge in [0.05, 0.1) is 12.3 Å². The molecule has 36 heavy (non-hydrogen) atoms. The van der Waals surface area contributed by atoms with Crippen LogP contribution in [0.3, 0.4) is 0 Å². The first-order valence-corrected chi connectivity index (χ1v) is 11.6. The molecule has 0 radical (unpaired) electrons. The van der Waals surface area contributed by atoms with E-state index in [1.807, 2.05) is 0 Å². The van der Waals surface area contributed by atoms with Gasteiger partial charge in [0.25, 0.3) is 11.8 Å². The van der Waals surface area contributed by atoms with Gasteiger partial charge in [-0.3, -0.25) is 14.9 Å². The molecule has 1 aliphatic heterocycles. The van der Waals surface area contributed by atoms with Crippen molar-refractivity contribution in [1.82, 2.24) is 5.32 Å². The van der Waals surface area contributed by atoms with Crippen LogP contribution in [0.15, 0.2) is 66.2 Å². The number of hydrogen-bond acceptors (Lipinski definition) is 6. The highest BCUT2D eigenvalue weighted by atomic mass is 35.5. The Kier molecular flexibility index (Phi) is 7.47. The lowest BCUT2D eigenvalue weighted by Gasteiger charge is -2.26. The molecule has 3 aromatic rings. The molecule has 4 rings (SSSR count). The van der Waals surface area contributed by atoms with Gasteiger partial charge in [-0.15, -0.1) is 0 Å². The van der Waals surface area contributed by atoms with Crippen molar-refractivity contribution < 1.29 is 29.0 Å². The molecule has 4 amide bonds. The Morgan fingerprint density at radius 3 is 2.42 bits per heavy atom. The van der Waals surface area contributed by atoms with Crippen LogP contribution in [0.5, 0.6) is 17.2 Å². The monoisotopic (exact) mass is 526 g/mol. The van der Waals surface area contributed by atoms with Crippen LogP contribution in [0.2, 0.25) is 10.0 Å². The zero-order chi connectivity index (χ0) is 25.8. The highest BCUT2D eigenvalue weighted by Gasteiger charge is 2.36. The van der Waals surface area contributed by atoms with Gasteiger partial charge in [-0.2, -0.15) is 0 Å². The molecule has 1 heterocycles. The Morgan fingerprint density at radius 2 is 1.72 bits per heavy atom. The number of ether oxygens (including phenoxy) is 2. The minimum atomic E-state index is -0.871. The standard InChI is InChI=1S/C26H20Cl2N2O6/c1-2-35-23-12-15(3-10-22(23)31)11-20-24(32)29-26(34)30(25(20)33)18-6-8-19(9-7-18)36-14-16-4-5-17(27)13-21(16)28/h3-13,31H,2,14H2,1H3,(H,29,32,34)/b20-11+. The number of phenols is 1. The van der Waals surface area contributed by atoms with Crippen molar-refractivity contribution in [3.63, 3.8) is 0 Å². The molecule has 1 saturated heterocycles. The highest BCUT2D eigenvalue weighted by molar-refractivity contribution is 6.39. The van der Waals surface area contributed by atoms with E-state index in [0.717, 1.165) is 10.5 Å². The Bertz CT molecular complexity index is 1370. The summed E-state index contributed by atoms with van der Waals surface area (Å²) in [4.78, 5) is 38.9. The topological polar surface area (TPSA) is 105 Å². The van der Waals surface area contributed by atoms with Crippen molar-refractivity contribution >= 4 is 52.8 Å². The zero-order valence-electron chi connectivity index (χ0n) is 19.0. The van der Waals surface area contributed by atoms with Crippen LogP contribution in [0.1, 0.15) is 18.1 Å². The van der Waals surface area contributed by atoms with Crippen LogP contribution in [0.4, 0.5) is 10.5 Å². The van der Waals surface area contributed by atoms with Gasteiger partial charge in [0, 0.05) is 15.6 Å². The first kappa shape index (κ1) is 25.1. The smallest absolute Gasteiger partial charge is 0.335 e. The summed E-state index contributed by atoms with van der Waals surface area (Å²) in [6, 6.07) is 14.8. The second-order valence-electron chi connectivity index (χ2n) is 7.64. The van der Waals surface area contributed by atoms with E-state index in [1.54, 1.807) is 37.3 Å². The molecule has 0 saturated carbocycles. The van der Waals surface area contributed by atoms with E-state index in [9.17, 15) is 19.5 Å². The lowest BCUT2D eigenvalue weighted by atomic mass is 10.1. The molecule has 0 unspecified atom stereocenters. The van der Waals surface area contributed by atoms with Gasteiger partial charge < -0.3 is 14.6 Å². The van der Waals surface area contributed by atoms with Gasteiger partial charge in [-0.25, -0.2) is 9.69 Å². The Labute approximate surface area is 216 Å². The van der Waals surface area contributed by atoms with Gasteiger partial charge >= 0.3 is 6.03 Å². The van der Waals surface area contributed by atoms with E-state index in [2.05, 4.69) is 5.32 Å². The van der Waals surface area contributed by atoms with E-state index >= 15 is 0 Å². The highest BCUT2D eigenvalue weighted by Crippen LogP contribution is 2.30. The number of imide groups is 2. The van der Waals surface area contributed by atoms with E-state index in [4.69, 9.17) is 32.7 Å². The number of carbonyl (C=O) groups is 3. The zero-order valence-corrected chi connectivity index (χ0v) is 20.5. The molecule has 0 aliphatic carbocycles. The number of aromatic hydroxyl groups is 1. The maximum absolute atomic E-state index is 13.1. The van der Waals surface area contributed by atoms with Crippen molar-refractivity contribution in [2.45, 2.75) is 13.5 Å². The molecule has 1 fully saturated rings. The number of nitrogens with one attached hydrogen (secondary N) is 1. The van der Waals surface area contributed by atoms with Crippen LogP contribution >= 0.6 is 23.2 Å². The average molecular weight is 527 g/mol. The molecular weight excluding hydrogens is 507 g/mol. The van der Waals surface area contributed by atoms with Crippen LogP contribution in [-0.2, 0) is 16.2 Å². The Morgan fingerprint density at radius 1 is 0.972 bits per heavy atom. The quantitative estimate of drug-likeness (QED) is 0.318. The third-order valence-electron chi connectivity index (χ3n) is 5.20. The summed E-state index contributed by atoms with van der Waals surface area (Å²) in [5.74, 6) is -1.01. The predicted octanol–water partition coefficient (Wildman–Crippen LogP) is 5.34. The molecular formula is C26H20Cl2N2O6. The number of barbiturate groups is 1. The average Bonchev–Trinajstić information content (AvgIpc) is 2.84. The van der Waals surface area contributed by atoms with Crippen LogP contribution in [0, 0.1) is 0 Å². The number of anilines is 1. The number of halogens is 2. The lowest BCUT2D eigenvalue weighted by Crippen LogP contribution is -2.54. The molecule has 184 valence electrons. The minimum Gasteiger partial charge on any atom is -0.504 e. The summed E-state index contributed by atoms with van der Waals surface area (Å²) in [6.07, 6.45) is 1.33. The number of benzene rings is 3. The molecule has 0 spiro atoms. The number of phenolic OH excluding ortho intramolecular Hbond substituents is 1. The van der Waals surface area contributed by atoms with Crippen molar-refractivity contribution in [3.05, 3.63) is 87.4 Å². The molecule has 8 nitrogen and oxygen atoms in total. The predicted molar refractivity (Wildman–Crippen MR) is 136 cm³/mol. The molecule has 0 atom stereocenters. The first-order chi connectivity index (χ1) is 17.3. The van der Waals surface area contributed by atoms with Crippen LogP contribution < -0.4 is 19.7 Å².